The van der Waals surface area contributed by atoms with Crippen LogP contribution in [0, 0.1) is 18.6 Å². The van der Waals surface area contributed by atoms with Crippen LogP contribution in [0.4, 0.5) is 14.6 Å². The Balaban J connectivity index is 1.65. The molecule has 0 spiro atoms. The van der Waals surface area contributed by atoms with Gasteiger partial charge in [0.15, 0.2) is 5.65 Å². The van der Waals surface area contributed by atoms with E-state index >= 15 is 8.78 Å². The molecule has 14 heteroatoms. The second kappa shape index (κ2) is 14.3. The summed E-state index contributed by atoms with van der Waals surface area (Å²) in [5, 5.41) is 8.90. The van der Waals surface area contributed by atoms with Crippen molar-refractivity contribution in [1.82, 2.24) is 24.4 Å². The number of hydrogen-bond acceptors (Lipinski definition) is 9. The Kier molecular flexibility index (Phi) is 10.1. The van der Waals surface area contributed by atoms with Gasteiger partial charge in [-0.2, -0.15) is 4.98 Å². The molecule has 252 valence electrons. The lowest BCUT2D eigenvalue weighted by Crippen LogP contribution is -2.54. The summed E-state index contributed by atoms with van der Waals surface area (Å²) in [4.78, 5) is 54.0. The first-order chi connectivity index (χ1) is 22.9. The molecule has 1 atom stereocenters. The molecule has 0 saturated carbocycles. The highest BCUT2D eigenvalue weighted by atomic mass is 19.1. The Labute approximate surface area is 275 Å². The van der Waals surface area contributed by atoms with E-state index in [9.17, 15) is 14.4 Å². The fourth-order valence-electron chi connectivity index (χ4n) is 5.76. The fraction of sp³-hybridized carbons (Fsp3) is 0.353. The van der Waals surface area contributed by atoms with Crippen LogP contribution in [0.15, 0.2) is 54.0 Å². The molecule has 4 aromatic rings. The van der Waals surface area contributed by atoms with Crippen molar-refractivity contribution in [2.75, 3.05) is 44.4 Å². The van der Waals surface area contributed by atoms with E-state index in [0.29, 0.717) is 36.6 Å². The lowest BCUT2D eigenvalue weighted by atomic mass is 10.0. The quantitative estimate of drug-likeness (QED) is 0.183. The van der Waals surface area contributed by atoms with E-state index in [4.69, 9.17) is 14.6 Å². The number of pyridine rings is 2. The summed E-state index contributed by atoms with van der Waals surface area (Å²) in [6.07, 6.45) is 2.89. The van der Waals surface area contributed by atoms with E-state index in [2.05, 4.69) is 21.5 Å². The van der Waals surface area contributed by atoms with Crippen molar-refractivity contribution >= 4 is 28.7 Å². The molecule has 0 unspecified atom stereocenters. The van der Waals surface area contributed by atoms with Gasteiger partial charge in [0.2, 0.25) is 5.91 Å². The van der Waals surface area contributed by atoms with E-state index in [-0.39, 0.29) is 64.9 Å². The summed E-state index contributed by atoms with van der Waals surface area (Å²) in [6, 6.07) is 6.48. The minimum absolute atomic E-state index is 0.0330. The van der Waals surface area contributed by atoms with Gasteiger partial charge in [-0.15, -0.1) is 0 Å². The summed E-state index contributed by atoms with van der Waals surface area (Å²) in [7, 11) is 0. The van der Waals surface area contributed by atoms with Gasteiger partial charge in [-0.1, -0.05) is 20.4 Å². The van der Waals surface area contributed by atoms with Gasteiger partial charge in [0.05, 0.1) is 23.4 Å². The Bertz CT molecular complexity index is 1950. The second-order valence-corrected chi connectivity index (χ2v) is 11.7. The van der Waals surface area contributed by atoms with Crippen LogP contribution in [-0.4, -0.2) is 86.9 Å². The maximum absolute atomic E-state index is 16.1. The third-order valence-electron chi connectivity index (χ3n) is 8.03. The van der Waals surface area contributed by atoms with Crippen molar-refractivity contribution in [2.45, 2.75) is 39.7 Å². The van der Waals surface area contributed by atoms with Crippen molar-refractivity contribution in [3.05, 3.63) is 82.6 Å². The largest absolute Gasteiger partial charge is 0.491 e. The van der Waals surface area contributed by atoms with Crippen LogP contribution in [0.5, 0.6) is 5.75 Å². The van der Waals surface area contributed by atoms with E-state index in [1.807, 2.05) is 32.6 Å². The van der Waals surface area contributed by atoms with Crippen molar-refractivity contribution in [3.63, 3.8) is 0 Å². The molecule has 0 radical (unpaired) electrons. The number of hydrogen-bond donors (Lipinski definition) is 1. The number of amides is 1. The van der Waals surface area contributed by atoms with Gasteiger partial charge in [0.25, 0.3) is 0 Å². The molecule has 1 fully saturated rings. The maximum Gasteiger partial charge on any atom is 0.355 e. The SMILES string of the molecule is C=CC(=O)N1CCN(c2nc(=O)n(-c3c(C)ccnc3C(C)C)c3nc(-c4ccc(OCCOCC(=O)O)cc4F)c(F)cc23)[C@@H](C)C1. The summed E-state index contributed by atoms with van der Waals surface area (Å²) in [5.74, 6) is -2.79. The molecule has 48 heavy (non-hydrogen) atoms. The first kappa shape index (κ1) is 34.1. The molecule has 1 aliphatic heterocycles. The van der Waals surface area contributed by atoms with Gasteiger partial charge in [-0.25, -0.2) is 27.9 Å². The Morgan fingerprint density at radius 3 is 2.56 bits per heavy atom. The highest BCUT2D eigenvalue weighted by Gasteiger charge is 2.31. The average molecular weight is 663 g/mol. The Morgan fingerprint density at radius 2 is 1.90 bits per heavy atom. The number of anilines is 1. The van der Waals surface area contributed by atoms with Crippen LogP contribution in [0.25, 0.3) is 28.0 Å². The Hall–Kier alpha value is -5.24. The predicted octanol–water partition coefficient (Wildman–Crippen LogP) is 4.26. The van der Waals surface area contributed by atoms with Crippen LogP contribution in [-0.2, 0) is 14.3 Å². The molecule has 0 aliphatic carbocycles. The molecule has 12 nitrogen and oxygen atoms in total. The lowest BCUT2D eigenvalue weighted by Gasteiger charge is -2.40. The van der Waals surface area contributed by atoms with E-state index in [1.165, 1.54) is 28.8 Å². The highest BCUT2D eigenvalue weighted by molar-refractivity contribution is 5.91. The third kappa shape index (κ3) is 6.88. The predicted molar refractivity (Wildman–Crippen MR) is 175 cm³/mol. The number of aromatic nitrogens is 4. The third-order valence-corrected chi connectivity index (χ3v) is 8.03. The number of ether oxygens (including phenoxy) is 2. The van der Waals surface area contributed by atoms with Gasteiger partial charge >= 0.3 is 11.7 Å². The molecule has 1 aliphatic rings. The topological polar surface area (TPSA) is 140 Å². The smallest absolute Gasteiger partial charge is 0.355 e. The number of carboxylic acids is 1. The number of piperazine rings is 1. The number of carboxylic acid groups (broad SMARTS) is 1. The van der Waals surface area contributed by atoms with Crippen LogP contribution in [0.1, 0.15) is 37.9 Å². The number of aryl methyl sites for hydroxylation is 1. The van der Waals surface area contributed by atoms with Crippen molar-refractivity contribution in [1.29, 1.82) is 0 Å². The normalized spacial score (nSPS) is 14.9. The summed E-state index contributed by atoms with van der Waals surface area (Å²) < 4.78 is 43.3. The highest BCUT2D eigenvalue weighted by Crippen LogP contribution is 2.34. The Morgan fingerprint density at radius 1 is 1.12 bits per heavy atom. The van der Waals surface area contributed by atoms with Gasteiger partial charge in [0, 0.05) is 43.5 Å². The number of halogens is 2. The lowest BCUT2D eigenvalue weighted by molar-refractivity contribution is -0.142. The maximum atomic E-state index is 16.1. The van der Waals surface area contributed by atoms with Crippen LogP contribution >= 0.6 is 0 Å². The van der Waals surface area contributed by atoms with Crippen LogP contribution in [0.2, 0.25) is 0 Å². The molecule has 0 bridgehead atoms. The number of benzene rings is 1. The van der Waals surface area contributed by atoms with Crippen molar-refractivity contribution in [2.24, 2.45) is 0 Å². The first-order valence-corrected chi connectivity index (χ1v) is 15.4. The zero-order chi connectivity index (χ0) is 34.7. The molecule has 3 aromatic heterocycles. The molecule has 1 aromatic carbocycles. The monoisotopic (exact) mass is 662 g/mol. The number of fused-ring (bicyclic) bond motifs is 1. The van der Waals surface area contributed by atoms with E-state index < -0.39 is 29.9 Å². The second-order valence-electron chi connectivity index (χ2n) is 11.7. The number of nitrogens with zero attached hydrogens (tertiary/aromatic N) is 6. The molecule has 1 N–H and O–H groups in total. The molecule has 1 saturated heterocycles. The van der Waals surface area contributed by atoms with Gasteiger partial charge < -0.3 is 24.4 Å². The fourth-order valence-corrected chi connectivity index (χ4v) is 5.76. The molecule has 5 rings (SSSR count). The van der Waals surface area contributed by atoms with E-state index in [1.54, 1.807) is 17.2 Å². The standard InChI is InChI=1S/C34H36F2N6O6/c1-6-27(43)40-11-12-41(21(5)17-40)32-24-16-26(36)30(23-8-7-22(15-25(23)35)48-14-13-47-18-28(44)45)38-33(24)42(34(46)39-32)31-20(4)9-10-37-29(31)19(2)3/h6-10,15-16,19,21H,1,11-14,17-18H2,2-5H3,(H,44,45)/t21-/m0/s1. The molecular formula is C34H36F2N6O6. The minimum Gasteiger partial charge on any atom is -0.491 e. The van der Waals surface area contributed by atoms with E-state index in [0.717, 1.165) is 6.07 Å². The molecular weight excluding hydrogens is 626 g/mol. The number of carbonyl (C=O) groups excluding carboxylic acids is 1. The van der Waals surface area contributed by atoms with Crippen molar-refractivity contribution in [3.8, 4) is 22.7 Å². The average Bonchev–Trinajstić information content (AvgIpc) is 3.04. The summed E-state index contributed by atoms with van der Waals surface area (Å²) in [6.45, 7) is 11.5. The zero-order valence-corrected chi connectivity index (χ0v) is 27.1. The number of rotatable bonds is 11. The number of aliphatic carboxylic acids is 1. The van der Waals surface area contributed by atoms with Crippen LogP contribution < -0.4 is 15.3 Å². The minimum atomic E-state index is -1.13. The molecule has 1 amide bonds. The van der Waals surface area contributed by atoms with Gasteiger partial charge in [-0.05, 0) is 55.7 Å². The first-order valence-electron chi connectivity index (χ1n) is 15.4. The van der Waals surface area contributed by atoms with Gasteiger partial charge in [0.1, 0.15) is 42.1 Å². The number of carbonyl (C=O) groups is 2. The van der Waals surface area contributed by atoms with Crippen molar-refractivity contribution < 1.29 is 33.0 Å². The van der Waals surface area contributed by atoms with Gasteiger partial charge in [-0.3, -0.25) is 9.78 Å². The van der Waals surface area contributed by atoms with Crippen LogP contribution in [0.3, 0.4) is 0 Å². The summed E-state index contributed by atoms with van der Waals surface area (Å²) in [5.41, 5.74) is 0.658. The zero-order valence-electron chi connectivity index (χ0n) is 27.1. The molecule has 4 heterocycles. The summed E-state index contributed by atoms with van der Waals surface area (Å²) >= 11 is 0.